The van der Waals surface area contributed by atoms with Gasteiger partial charge in [-0.1, -0.05) is 11.6 Å². The van der Waals surface area contributed by atoms with Crippen LogP contribution in [0.4, 0.5) is 16.0 Å². The summed E-state index contributed by atoms with van der Waals surface area (Å²) >= 11 is 5.90. The molecule has 0 radical (unpaired) electrons. The second-order valence-corrected chi connectivity index (χ2v) is 8.90. The summed E-state index contributed by atoms with van der Waals surface area (Å²) in [4.78, 5) is 33.4. The van der Waals surface area contributed by atoms with Crippen molar-refractivity contribution in [2.24, 2.45) is 0 Å². The molecule has 0 spiro atoms. The van der Waals surface area contributed by atoms with Crippen molar-refractivity contribution >= 4 is 46.1 Å². The zero-order valence-electron chi connectivity index (χ0n) is 20.2. The monoisotopic (exact) mass is 518 g/mol. The van der Waals surface area contributed by atoms with Crippen molar-refractivity contribution in [3.63, 3.8) is 0 Å². The zero-order chi connectivity index (χ0) is 26.0. The van der Waals surface area contributed by atoms with Crippen LogP contribution in [0.5, 0.6) is 0 Å². The summed E-state index contributed by atoms with van der Waals surface area (Å²) in [6.45, 7) is 6.63. The number of hydrogen-bond acceptors (Lipinski definition) is 7. The van der Waals surface area contributed by atoms with E-state index in [1.54, 1.807) is 6.07 Å². The third kappa shape index (κ3) is 4.91. The Morgan fingerprint density at radius 1 is 1.19 bits per heavy atom. The lowest BCUT2D eigenvalue weighted by atomic mass is 10.1. The number of anilines is 2. The number of nitrogen functional groups attached to an aromatic ring is 2. The molecule has 1 saturated heterocycles. The highest BCUT2D eigenvalue weighted by molar-refractivity contribution is 6.31. The van der Waals surface area contributed by atoms with E-state index in [9.17, 15) is 9.59 Å². The highest BCUT2D eigenvalue weighted by atomic mass is 35.5. The molecule has 1 fully saturated rings. The van der Waals surface area contributed by atoms with Crippen LogP contribution in [-0.4, -0.2) is 45.5 Å². The quantitative estimate of drug-likeness (QED) is 0.293. The first-order valence-electron chi connectivity index (χ1n) is 11.9. The molecule has 0 bridgehead atoms. The highest BCUT2D eigenvalue weighted by Gasteiger charge is 2.28. The van der Waals surface area contributed by atoms with Crippen molar-refractivity contribution in [3.05, 3.63) is 40.2 Å². The van der Waals surface area contributed by atoms with Crippen LogP contribution >= 0.6 is 11.6 Å². The van der Waals surface area contributed by atoms with Crippen LogP contribution in [0.1, 0.15) is 53.4 Å². The fourth-order valence-electron chi connectivity index (χ4n) is 4.56. The van der Waals surface area contributed by atoms with Gasteiger partial charge >= 0.3 is 0 Å². The molecule has 13 heteroatoms. The maximum absolute atomic E-state index is 15.1. The molecule has 3 aromatic rings. The van der Waals surface area contributed by atoms with Crippen LogP contribution in [0.25, 0.3) is 11.0 Å². The van der Waals surface area contributed by atoms with Crippen LogP contribution in [0.3, 0.4) is 0 Å². The molecular weight excluding hydrogens is 489 g/mol. The lowest BCUT2D eigenvalue weighted by Gasteiger charge is -2.23. The fourth-order valence-corrected chi connectivity index (χ4v) is 4.69. The normalized spacial score (nSPS) is 14.2. The second-order valence-electron chi connectivity index (χ2n) is 8.54. The number of nitrogens with two attached hydrogens (primary N) is 2. The van der Waals surface area contributed by atoms with Crippen molar-refractivity contribution in [1.82, 2.24) is 30.5 Å². The summed E-state index contributed by atoms with van der Waals surface area (Å²) in [5.74, 6) is -1.10. The Labute approximate surface area is 212 Å². The fraction of sp³-hybridized carbons (Fsp3) is 0.435. The van der Waals surface area contributed by atoms with Crippen molar-refractivity contribution in [2.75, 3.05) is 24.6 Å². The van der Waals surface area contributed by atoms with E-state index in [2.05, 4.69) is 25.9 Å². The summed E-state index contributed by atoms with van der Waals surface area (Å²) in [5.41, 5.74) is 12.5. The van der Waals surface area contributed by atoms with E-state index in [1.165, 1.54) is 6.07 Å². The van der Waals surface area contributed by atoms with Crippen LogP contribution in [0.2, 0.25) is 5.15 Å². The number of piperidine rings is 1. The molecule has 0 unspecified atom stereocenters. The van der Waals surface area contributed by atoms with Crippen molar-refractivity contribution < 1.29 is 18.5 Å². The van der Waals surface area contributed by atoms with E-state index in [-0.39, 0.29) is 40.6 Å². The lowest BCUT2D eigenvalue weighted by molar-refractivity contribution is -0.676. The average molecular weight is 519 g/mol. The van der Waals surface area contributed by atoms with E-state index in [0.717, 1.165) is 25.9 Å². The van der Waals surface area contributed by atoms with E-state index >= 15 is 4.39 Å². The molecule has 2 amide bonds. The van der Waals surface area contributed by atoms with Crippen molar-refractivity contribution in [2.45, 2.75) is 52.4 Å². The van der Waals surface area contributed by atoms with E-state index in [1.807, 2.05) is 23.0 Å². The summed E-state index contributed by atoms with van der Waals surface area (Å²) in [7, 11) is 0. The number of imidazole rings is 1. The Kier molecular flexibility index (Phi) is 7.55. The van der Waals surface area contributed by atoms with Gasteiger partial charge in [0.1, 0.15) is 12.4 Å². The van der Waals surface area contributed by atoms with Gasteiger partial charge in [-0.3, -0.25) is 9.59 Å². The van der Waals surface area contributed by atoms with E-state index in [0.29, 0.717) is 29.9 Å². The molecule has 1 aliphatic rings. The van der Waals surface area contributed by atoms with Gasteiger partial charge in [-0.2, -0.15) is 0 Å². The maximum atomic E-state index is 15.1. The molecule has 0 atom stereocenters. The zero-order valence-corrected chi connectivity index (χ0v) is 21.0. The molecular formula is C23H30ClFN9O2+. The van der Waals surface area contributed by atoms with Gasteiger partial charge in [-0.15, -0.1) is 0 Å². The predicted molar refractivity (Wildman–Crippen MR) is 134 cm³/mol. The number of rotatable bonds is 7. The first-order valence-corrected chi connectivity index (χ1v) is 12.3. The molecule has 0 aliphatic carbocycles. The summed E-state index contributed by atoms with van der Waals surface area (Å²) in [5, 5.41) is 8.85. The number of nitrogens with one attached hydrogen (secondary N) is 3. The first kappa shape index (κ1) is 25.6. The smallest absolute Gasteiger partial charge is 0.277 e. The molecule has 2 aromatic heterocycles. The van der Waals surface area contributed by atoms with Gasteiger partial charge < -0.3 is 27.4 Å². The highest BCUT2D eigenvalue weighted by Crippen LogP contribution is 2.21. The number of aryl methyl sites for hydroxylation is 2. The Morgan fingerprint density at radius 2 is 1.92 bits per heavy atom. The minimum absolute atomic E-state index is 0.00774. The Hall–Kier alpha value is -3.51. The number of fused-ring (bicyclic) bond motifs is 1. The Balaban J connectivity index is 1.65. The molecule has 192 valence electrons. The van der Waals surface area contributed by atoms with Crippen LogP contribution in [0, 0.1) is 5.82 Å². The van der Waals surface area contributed by atoms with Gasteiger partial charge in [-0.25, -0.2) is 23.5 Å². The van der Waals surface area contributed by atoms with Gasteiger partial charge in [0, 0.05) is 18.2 Å². The number of aromatic nitrogens is 4. The lowest BCUT2D eigenvalue weighted by Crippen LogP contribution is -2.43. The van der Waals surface area contributed by atoms with Crippen molar-refractivity contribution in [1.29, 1.82) is 0 Å². The van der Waals surface area contributed by atoms with Gasteiger partial charge in [0.2, 0.25) is 0 Å². The Bertz CT molecular complexity index is 1320. The molecule has 1 aliphatic heterocycles. The Morgan fingerprint density at radius 3 is 2.58 bits per heavy atom. The molecule has 11 nitrogen and oxygen atoms in total. The van der Waals surface area contributed by atoms with Crippen molar-refractivity contribution in [3.8, 4) is 0 Å². The third-order valence-electron chi connectivity index (χ3n) is 6.35. The van der Waals surface area contributed by atoms with Gasteiger partial charge in [-0.05, 0) is 39.8 Å². The molecule has 1 aromatic carbocycles. The van der Waals surface area contributed by atoms with E-state index < -0.39 is 17.6 Å². The van der Waals surface area contributed by atoms with Gasteiger partial charge in [0.15, 0.2) is 33.5 Å². The first-order chi connectivity index (χ1) is 17.2. The minimum Gasteiger partial charge on any atom is -0.382 e. The van der Waals surface area contributed by atoms with Crippen LogP contribution in [0.15, 0.2) is 12.1 Å². The standard InChI is InChI=1S/C23H29ClFN9O2/c1-3-33-15-9-13(22(35)30-12-5-7-28-8-6-12)14(25)10-16(15)34(4-2)17(33)11-29-23(36)18-20(26)32-21(27)19(24)31-18/h9-10,12,28H,3-8,11H2,1-2H3,(H5-,26,27,29,30,32,35,36)/p+1. The minimum atomic E-state index is -0.598. The van der Waals surface area contributed by atoms with Gasteiger partial charge in [0.05, 0.1) is 18.7 Å². The number of amides is 2. The summed E-state index contributed by atoms with van der Waals surface area (Å²) < 4.78 is 18.9. The van der Waals surface area contributed by atoms with E-state index in [4.69, 9.17) is 23.1 Å². The third-order valence-corrected chi connectivity index (χ3v) is 6.63. The van der Waals surface area contributed by atoms with Gasteiger partial charge in [0.25, 0.3) is 17.6 Å². The number of nitrogens with zero attached hydrogens (tertiary/aromatic N) is 4. The average Bonchev–Trinajstić information content (AvgIpc) is 3.15. The second kappa shape index (κ2) is 10.6. The molecule has 36 heavy (non-hydrogen) atoms. The molecule has 4 rings (SSSR count). The molecule has 0 saturated carbocycles. The number of hydrogen-bond donors (Lipinski definition) is 5. The molecule has 7 N–H and O–H groups in total. The predicted octanol–water partition coefficient (Wildman–Crippen LogP) is 1.13. The number of carbonyl (C=O) groups excluding carboxylic acids is 2. The van der Waals surface area contributed by atoms with Crippen LogP contribution < -0.4 is 32.0 Å². The number of halogens is 2. The maximum Gasteiger partial charge on any atom is 0.277 e. The topological polar surface area (TPSA) is 157 Å². The summed E-state index contributed by atoms with van der Waals surface area (Å²) in [6.07, 6.45) is 1.60. The largest absolute Gasteiger partial charge is 0.382 e. The SMILES string of the molecule is CCn1c(CNC(=O)c2nc(Cl)c(N)nc2N)[n+](CC)c2cc(C(=O)NC3CCNCC3)c(F)cc21. The number of carbonyl (C=O) groups is 2. The molecule has 3 heterocycles. The van der Waals surface area contributed by atoms with Crippen LogP contribution in [-0.2, 0) is 19.6 Å². The summed E-state index contributed by atoms with van der Waals surface area (Å²) in [6, 6.07) is 2.96. The number of benzene rings is 1.